The maximum absolute atomic E-state index is 11.2. The van der Waals surface area contributed by atoms with Crippen LogP contribution in [-0.4, -0.2) is 24.2 Å². The molecule has 1 heterocycles. The Morgan fingerprint density at radius 2 is 1.89 bits per heavy atom. The van der Waals surface area contributed by atoms with Crippen LogP contribution in [-0.2, 0) is 11.2 Å². The number of likely N-dealkylation sites (N-methyl/N-ethyl adjacent to an activating group) is 1. The van der Waals surface area contributed by atoms with Crippen LogP contribution in [0.15, 0.2) is 48.5 Å². The van der Waals surface area contributed by atoms with Crippen LogP contribution in [0, 0.1) is 0 Å². The highest BCUT2D eigenvalue weighted by Gasteiger charge is 2.31. The summed E-state index contributed by atoms with van der Waals surface area (Å²) in [5, 5.41) is 9.20. The first kappa shape index (κ1) is 11.8. The van der Waals surface area contributed by atoms with Crippen LogP contribution in [0.3, 0.4) is 0 Å². The van der Waals surface area contributed by atoms with Gasteiger partial charge in [0.1, 0.15) is 6.04 Å². The van der Waals surface area contributed by atoms with Crippen molar-refractivity contribution in [2.75, 3.05) is 11.9 Å². The number of carboxylic acid groups (broad SMARTS) is 1. The van der Waals surface area contributed by atoms with Gasteiger partial charge in [-0.25, -0.2) is 4.79 Å². The summed E-state index contributed by atoms with van der Waals surface area (Å²) < 4.78 is 0. The summed E-state index contributed by atoms with van der Waals surface area (Å²) in [6.45, 7) is 0. The highest BCUT2D eigenvalue weighted by atomic mass is 16.4. The summed E-state index contributed by atoms with van der Waals surface area (Å²) in [6, 6.07) is 15.9. The first-order chi connectivity index (χ1) is 9.16. The number of carbonyl (C=O) groups is 1. The molecule has 0 radical (unpaired) electrons. The third-order valence-electron chi connectivity index (χ3n) is 3.74. The van der Waals surface area contributed by atoms with Crippen LogP contribution >= 0.6 is 0 Å². The minimum absolute atomic E-state index is 0.443. The zero-order valence-electron chi connectivity index (χ0n) is 10.7. The average Bonchev–Trinajstić information content (AvgIpc) is 2.77. The molecule has 96 valence electrons. The van der Waals surface area contributed by atoms with Crippen molar-refractivity contribution in [3.05, 3.63) is 54.1 Å². The Bertz CT molecular complexity index is 622. The molecule has 3 heteroatoms. The second-order valence-corrected chi connectivity index (χ2v) is 4.88. The van der Waals surface area contributed by atoms with E-state index in [0.29, 0.717) is 6.42 Å². The number of hydrogen-bond acceptors (Lipinski definition) is 2. The minimum Gasteiger partial charge on any atom is -0.480 e. The van der Waals surface area contributed by atoms with Gasteiger partial charge in [-0.3, -0.25) is 0 Å². The predicted octanol–water partition coefficient (Wildman–Crippen LogP) is 2.80. The van der Waals surface area contributed by atoms with Crippen LogP contribution in [0.25, 0.3) is 11.1 Å². The van der Waals surface area contributed by atoms with Gasteiger partial charge in [0.2, 0.25) is 0 Å². The molecule has 0 aromatic heterocycles. The van der Waals surface area contributed by atoms with Crippen molar-refractivity contribution < 1.29 is 9.90 Å². The molecule has 1 aliphatic heterocycles. The molecule has 0 saturated carbocycles. The lowest BCUT2D eigenvalue weighted by atomic mass is 10.0. The van der Waals surface area contributed by atoms with Gasteiger partial charge in [-0.2, -0.15) is 0 Å². The molecule has 1 unspecified atom stereocenters. The smallest absolute Gasteiger partial charge is 0.326 e. The van der Waals surface area contributed by atoms with E-state index >= 15 is 0 Å². The first-order valence-electron chi connectivity index (χ1n) is 6.31. The fraction of sp³-hybridized carbons (Fsp3) is 0.188. The molecule has 2 aromatic carbocycles. The van der Waals surface area contributed by atoms with Gasteiger partial charge in [0.25, 0.3) is 0 Å². The molecule has 0 fully saturated rings. The summed E-state index contributed by atoms with van der Waals surface area (Å²) in [5.74, 6) is -0.764. The lowest BCUT2D eigenvalue weighted by Crippen LogP contribution is -2.35. The molecule has 1 atom stereocenters. The molecule has 0 aliphatic carbocycles. The van der Waals surface area contributed by atoms with E-state index in [0.717, 1.165) is 22.4 Å². The van der Waals surface area contributed by atoms with Crippen LogP contribution in [0.2, 0.25) is 0 Å². The van der Waals surface area contributed by atoms with Gasteiger partial charge in [-0.15, -0.1) is 0 Å². The number of anilines is 1. The SMILES string of the molecule is CN1c2cc(-c3ccccc3)ccc2CC1C(=O)O. The first-order valence-corrected chi connectivity index (χ1v) is 6.31. The third-order valence-corrected chi connectivity index (χ3v) is 3.74. The average molecular weight is 253 g/mol. The summed E-state index contributed by atoms with van der Waals surface area (Å²) >= 11 is 0. The Morgan fingerprint density at radius 3 is 2.58 bits per heavy atom. The van der Waals surface area contributed by atoms with E-state index in [1.807, 2.05) is 36.2 Å². The van der Waals surface area contributed by atoms with Gasteiger partial charge in [-0.1, -0.05) is 42.5 Å². The summed E-state index contributed by atoms with van der Waals surface area (Å²) in [6.07, 6.45) is 0.580. The lowest BCUT2D eigenvalue weighted by molar-refractivity contribution is -0.138. The molecule has 0 bridgehead atoms. The summed E-state index contributed by atoms with van der Waals surface area (Å²) in [5.41, 5.74) is 4.40. The van der Waals surface area contributed by atoms with E-state index in [4.69, 9.17) is 0 Å². The standard InChI is InChI=1S/C16H15NO2/c1-17-14-9-12(11-5-3-2-4-6-11)7-8-13(14)10-15(17)16(18)19/h2-9,15H,10H2,1H3,(H,18,19). The zero-order chi connectivity index (χ0) is 13.4. The van der Waals surface area contributed by atoms with Crippen LogP contribution in [0.4, 0.5) is 5.69 Å². The Balaban J connectivity index is 2.01. The van der Waals surface area contributed by atoms with Gasteiger partial charge in [0.05, 0.1) is 0 Å². The fourth-order valence-corrected chi connectivity index (χ4v) is 2.64. The molecule has 0 spiro atoms. The Kier molecular flexibility index (Phi) is 2.75. The van der Waals surface area contributed by atoms with E-state index < -0.39 is 12.0 Å². The van der Waals surface area contributed by atoms with E-state index in [9.17, 15) is 9.90 Å². The molecule has 3 rings (SSSR count). The van der Waals surface area contributed by atoms with Crippen molar-refractivity contribution in [1.82, 2.24) is 0 Å². The lowest BCUT2D eigenvalue weighted by Gasteiger charge is -2.19. The Hall–Kier alpha value is -2.29. The molecule has 0 saturated heterocycles. The van der Waals surface area contributed by atoms with Crippen LogP contribution < -0.4 is 4.90 Å². The number of nitrogens with zero attached hydrogens (tertiary/aromatic N) is 1. The number of aliphatic carboxylic acids is 1. The van der Waals surface area contributed by atoms with Gasteiger partial charge < -0.3 is 10.0 Å². The van der Waals surface area contributed by atoms with Crippen molar-refractivity contribution in [1.29, 1.82) is 0 Å². The topological polar surface area (TPSA) is 40.5 Å². The van der Waals surface area contributed by atoms with Crippen LogP contribution in [0.5, 0.6) is 0 Å². The maximum atomic E-state index is 11.2. The molecule has 1 N–H and O–H groups in total. The van der Waals surface area contributed by atoms with Gasteiger partial charge >= 0.3 is 5.97 Å². The number of rotatable bonds is 2. The van der Waals surface area contributed by atoms with Crippen LogP contribution in [0.1, 0.15) is 5.56 Å². The number of carboxylic acids is 1. The molecular weight excluding hydrogens is 238 g/mol. The van der Waals surface area contributed by atoms with Gasteiger partial charge in [0.15, 0.2) is 0 Å². The maximum Gasteiger partial charge on any atom is 0.326 e. The zero-order valence-corrected chi connectivity index (χ0v) is 10.7. The molecule has 19 heavy (non-hydrogen) atoms. The Morgan fingerprint density at radius 1 is 1.16 bits per heavy atom. The van der Waals surface area contributed by atoms with E-state index in [1.165, 1.54) is 0 Å². The third kappa shape index (κ3) is 1.97. The molecule has 0 amide bonds. The van der Waals surface area contributed by atoms with Crippen molar-refractivity contribution in [3.8, 4) is 11.1 Å². The summed E-state index contributed by atoms with van der Waals surface area (Å²) in [7, 11) is 1.85. The Labute approximate surface area is 112 Å². The van der Waals surface area contributed by atoms with E-state index in [-0.39, 0.29) is 0 Å². The van der Waals surface area contributed by atoms with Gasteiger partial charge in [0, 0.05) is 19.2 Å². The van der Waals surface area contributed by atoms with Crippen molar-refractivity contribution in [3.63, 3.8) is 0 Å². The second kappa shape index (κ2) is 4.43. The molecule has 1 aliphatic rings. The number of hydrogen-bond donors (Lipinski definition) is 1. The molecule has 2 aromatic rings. The molecule has 3 nitrogen and oxygen atoms in total. The van der Waals surface area contributed by atoms with Gasteiger partial charge in [-0.05, 0) is 22.8 Å². The molecular formula is C16H15NO2. The highest BCUT2D eigenvalue weighted by Crippen LogP contribution is 2.34. The number of benzene rings is 2. The predicted molar refractivity (Wildman–Crippen MR) is 75.4 cm³/mol. The number of fused-ring (bicyclic) bond motifs is 1. The monoisotopic (exact) mass is 253 g/mol. The van der Waals surface area contributed by atoms with E-state index in [2.05, 4.69) is 24.3 Å². The second-order valence-electron chi connectivity index (χ2n) is 4.88. The largest absolute Gasteiger partial charge is 0.480 e. The van der Waals surface area contributed by atoms with Crippen molar-refractivity contribution in [2.45, 2.75) is 12.5 Å². The highest BCUT2D eigenvalue weighted by molar-refractivity contribution is 5.83. The summed E-state index contributed by atoms with van der Waals surface area (Å²) in [4.78, 5) is 13.0. The quantitative estimate of drug-likeness (QED) is 0.894. The van der Waals surface area contributed by atoms with E-state index in [1.54, 1.807) is 0 Å². The minimum atomic E-state index is -0.764. The van der Waals surface area contributed by atoms with Crippen molar-refractivity contribution >= 4 is 11.7 Å². The van der Waals surface area contributed by atoms with Crippen molar-refractivity contribution in [2.24, 2.45) is 0 Å². The normalized spacial score (nSPS) is 17.3. The fourth-order valence-electron chi connectivity index (χ4n) is 2.64.